The molecule has 0 fully saturated rings. The summed E-state index contributed by atoms with van der Waals surface area (Å²) in [6.07, 6.45) is 0. The van der Waals surface area contributed by atoms with E-state index in [1.807, 2.05) is 49.4 Å². The molecule has 6 nitrogen and oxygen atoms in total. The second kappa shape index (κ2) is 9.28. The minimum absolute atomic E-state index is 0.144. The number of nitrogens with one attached hydrogen (secondary N) is 1. The molecule has 8 heteroatoms. The Morgan fingerprint density at radius 3 is 2.52 bits per heavy atom. The highest BCUT2D eigenvalue weighted by molar-refractivity contribution is 7.23. The molecule has 0 aliphatic heterocycles. The van der Waals surface area contributed by atoms with Crippen LogP contribution in [-0.4, -0.2) is 30.1 Å². The molecule has 0 aliphatic carbocycles. The molecule has 1 amide bonds. The molecule has 1 N–H and O–H groups in total. The van der Waals surface area contributed by atoms with E-state index in [1.54, 1.807) is 19.1 Å². The average molecular weight is 453 g/mol. The predicted octanol–water partition coefficient (Wildman–Crippen LogP) is 5.53. The lowest BCUT2D eigenvalue weighted by molar-refractivity contribution is -0.118. The molecule has 4 rings (SSSR count). The number of anilines is 1. The quantitative estimate of drug-likeness (QED) is 0.373. The van der Waals surface area contributed by atoms with Crippen molar-refractivity contribution in [1.29, 1.82) is 0 Å². The van der Waals surface area contributed by atoms with Crippen LogP contribution in [-0.2, 0) is 9.53 Å². The van der Waals surface area contributed by atoms with E-state index in [9.17, 15) is 9.59 Å². The number of benzene rings is 2. The van der Waals surface area contributed by atoms with Crippen LogP contribution in [0.3, 0.4) is 0 Å². The highest BCUT2D eigenvalue weighted by Gasteiger charge is 2.25. The van der Waals surface area contributed by atoms with E-state index in [0.29, 0.717) is 15.6 Å². The number of ether oxygens (including phenoxy) is 2. The Kier molecular flexibility index (Phi) is 6.29. The number of hydrogen-bond donors (Lipinski definition) is 1. The minimum Gasteiger partial charge on any atom is -0.484 e. The first-order valence-corrected chi connectivity index (χ1v) is 11.3. The zero-order chi connectivity index (χ0) is 21.8. The summed E-state index contributed by atoms with van der Waals surface area (Å²) in [6, 6.07) is 17.0. The molecule has 0 aliphatic rings. The monoisotopic (exact) mass is 452 g/mol. The normalized spacial score (nSPS) is 10.8. The molecule has 0 saturated carbocycles. The molecule has 0 radical (unpaired) electrons. The van der Waals surface area contributed by atoms with Gasteiger partial charge in [0.1, 0.15) is 20.6 Å². The predicted molar refractivity (Wildman–Crippen MR) is 124 cm³/mol. The van der Waals surface area contributed by atoms with Gasteiger partial charge in [-0.3, -0.25) is 4.79 Å². The number of thiophene rings is 1. The van der Waals surface area contributed by atoms with Gasteiger partial charge in [0.25, 0.3) is 5.91 Å². The number of amides is 1. The molecule has 2 heterocycles. The van der Waals surface area contributed by atoms with Crippen molar-refractivity contribution >= 4 is 49.8 Å². The number of para-hydroxylation sites is 2. The van der Waals surface area contributed by atoms with Gasteiger partial charge in [-0.15, -0.1) is 22.7 Å². The molecule has 4 aromatic rings. The van der Waals surface area contributed by atoms with E-state index in [4.69, 9.17) is 14.5 Å². The van der Waals surface area contributed by atoms with Gasteiger partial charge < -0.3 is 14.8 Å². The summed E-state index contributed by atoms with van der Waals surface area (Å²) in [6.45, 7) is 3.74. The maximum absolute atomic E-state index is 12.6. The lowest BCUT2D eigenvalue weighted by Crippen LogP contribution is -2.19. The van der Waals surface area contributed by atoms with Crippen LogP contribution in [0.25, 0.3) is 20.8 Å². The van der Waals surface area contributed by atoms with E-state index in [2.05, 4.69) is 5.32 Å². The fourth-order valence-electron chi connectivity index (χ4n) is 3.06. The summed E-state index contributed by atoms with van der Waals surface area (Å²) in [5.41, 5.74) is 2.35. The molecular formula is C23H20N2O4S2. The largest absolute Gasteiger partial charge is 0.484 e. The van der Waals surface area contributed by atoms with E-state index in [-0.39, 0.29) is 19.1 Å². The van der Waals surface area contributed by atoms with Gasteiger partial charge in [0.15, 0.2) is 6.61 Å². The lowest BCUT2D eigenvalue weighted by atomic mass is 10.1. The van der Waals surface area contributed by atoms with Crippen molar-refractivity contribution in [3.63, 3.8) is 0 Å². The Morgan fingerprint density at radius 1 is 1.03 bits per heavy atom. The van der Waals surface area contributed by atoms with E-state index in [1.165, 1.54) is 22.7 Å². The molecule has 2 aromatic heterocycles. The van der Waals surface area contributed by atoms with Gasteiger partial charge in [-0.05, 0) is 43.7 Å². The Balaban J connectivity index is 1.65. The van der Waals surface area contributed by atoms with Gasteiger partial charge in [0.2, 0.25) is 0 Å². The zero-order valence-corrected chi connectivity index (χ0v) is 18.6. The Hall–Kier alpha value is -3.23. The van der Waals surface area contributed by atoms with Gasteiger partial charge >= 0.3 is 5.97 Å². The first-order chi connectivity index (χ1) is 15.1. The van der Waals surface area contributed by atoms with Gasteiger partial charge in [-0.25, -0.2) is 9.78 Å². The average Bonchev–Trinajstić information content (AvgIpc) is 3.33. The van der Waals surface area contributed by atoms with Crippen LogP contribution in [0.15, 0.2) is 54.6 Å². The van der Waals surface area contributed by atoms with Crippen molar-refractivity contribution in [3.05, 3.63) is 65.0 Å². The number of nitrogens with zero attached hydrogens (tertiary/aromatic N) is 1. The summed E-state index contributed by atoms with van der Waals surface area (Å²) in [5, 5.41) is 4.19. The van der Waals surface area contributed by atoms with E-state index < -0.39 is 5.97 Å². The van der Waals surface area contributed by atoms with Crippen LogP contribution < -0.4 is 10.1 Å². The molecule has 0 spiro atoms. The second-order valence-corrected chi connectivity index (χ2v) is 8.67. The molecule has 2 aromatic carbocycles. The van der Waals surface area contributed by atoms with Gasteiger partial charge in [0, 0.05) is 5.56 Å². The van der Waals surface area contributed by atoms with Crippen molar-refractivity contribution in [2.45, 2.75) is 13.8 Å². The SMILES string of the molecule is CCOC(=O)c1sc(NC(=O)COc2ccccc2)c(-c2nc3ccccc3s2)c1C. The van der Waals surface area contributed by atoms with Gasteiger partial charge in [-0.2, -0.15) is 0 Å². The molecule has 0 atom stereocenters. The van der Waals surface area contributed by atoms with Crippen molar-refractivity contribution < 1.29 is 19.1 Å². The number of fused-ring (bicyclic) bond motifs is 1. The topological polar surface area (TPSA) is 77.5 Å². The molecule has 31 heavy (non-hydrogen) atoms. The van der Waals surface area contributed by atoms with Crippen molar-refractivity contribution in [1.82, 2.24) is 4.98 Å². The fraction of sp³-hybridized carbons (Fsp3) is 0.174. The number of rotatable bonds is 7. The summed E-state index contributed by atoms with van der Waals surface area (Å²) in [5.74, 6) is -0.116. The second-order valence-electron chi connectivity index (χ2n) is 6.62. The van der Waals surface area contributed by atoms with Crippen molar-refractivity contribution in [2.75, 3.05) is 18.5 Å². The van der Waals surface area contributed by atoms with Crippen LogP contribution in [0.1, 0.15) is 22.2 Å². The Bertz CT molecular complexity index is 1200. The fourth-order valence-corrected chi connectivity index (χ4v) is 5.32. The third-order valence-corrected chi connectivity index (χ3v) is 6.72. The smallest absolute Gasteiger partial charge is 0.348 e. The van der Waals surface area contributed by atoms with Crippen LogP contribution in [0.4, 0.5) is 5.00 Å². The number of esters is 1. The number of carbonyl (C=O) groups excluding carboxylic acids is 2. The number of thiazole rings is 1. The number of aromatic nitrogens is 1. The molecule has 158 valence electrons. The molecule has 0 unspecified atom stereocenters. The van der Waals surface area contributed by atoms with Gasteiger partial charge in [-0.1, -0.05) is 30.3 Å². The van der Waals surface area contributed by atoms with Crippen molar-refractivity contribution in [3.8, 4) is 16.3 Å². The highest BCUT2D eigenvalue weighted by atomic mass is 32.1. The first kappa shape index (κ1) is 21.0. The summed E-state index contributed by atoms with van der Waals surface area (Å²) < 4.78 is 11.8. The summed E-state index contributed by atoms with van der Waals surface area (Å²) in [7, 11) is 0. The van der Waals surface area contributed by atoms with E-state index in [0.717, 1.165) is 26.4 Å². The zero-order valence-electron chi connectivity index (χ0n) is 17.0. The number of carbonyl (C=O) groups is 2. The van der Waals surface area contributed by atoms with Gasteiger partial charge in [0.05, 0.1) is 16.8 Å². The summed E-state index contributed by atoms with van der Waals surface area (Å²) in [4.78, 5) is 30.2. The van der Waals surface area contributed by atoms with Crippen LogP contribution in [0.2, 0.25) is 0 Å². The number of hydrogen-bond acceptors (Lipinski definition) is 7. The maximum atomic E-state index is 12.6. The van der Waals surface area contributed by atoms with Crippen LogP contribution in [0, 0.1) is 6.92 Å². The Labute approximate surface area is 187 Å². The Morgan fingerprint density at radius 2 is 1.77 bits per heavy atom. The third kappa shape index (κ3) is 4.60. The van der Waals surface area contributed by atoms with Crippen LogP contribution >= 0.6 is 22.7 Å². The standard InChI is InChI=1S/C23H20N2O4S2/c1-3-28-23(27)20-14(2)19(21-24-16-11-7-8-12-17(16)30-21)22(31-20)25-18(26)13-29-15-9-5-4-6-10-15/h4-12H,3,13H2,1-2H3,(H,25,26). The highest BCUT2D eigenvalue weighted by Crippen LogP contribution is 2.43. The molecular weight excluding hydrogens is 432 g/mol. The summed E-state index contributed by atoms with van der Waals surface area (Å²) >= 11 is 2.71. The third-order valence-electron chi connectivity index (χ3n) is 4.48. The molecule has 0 saturated heterocycles. The lowest BCUT2D eigenvalue weighted by Gasteiger charge is -2.07. The minimum atomic E-state index is -0.409. The van der Waals surface area contributed by atoms with Crippen molar-refractivity contribution in [2.24, 2.45) is 0 Å². The first-order valence-electron chi connectivity index (χ1n) is 9.71. The van der Waals surface area contributed by atoms with Crippen LogP contribution in [0.5, 0.6) is 5.75 Å². The van der Waals surface area contributed by atoms with E-state index >= 15 is 0 Å². The molecule has 0 bridgehead atoms. The maximum Gasteiger partial charge on any atom is 0.348 e.